The second-order valence-electron chi connectivity index (χ2n) is 4.34. The number of rotatable bonds is 3. The molecule has 0 radical (unpaired) electrons. The first kappa shape index (κ1) is 11.5. The summed E-state index contributed by atoms with van der Waals surface area (Å²) in [5.74, 6) is -2.62. The Kier molecular flexibility index (Phi) is 3.49. The van der Waals surface area contributed by atoms with Gasteiger partial charge in [0.25, 0.3) is 5.92 Å². The highest BCUT2D eigenvalue weighted by Gasteiger charge is 2.35. The van der Waals surface area contributed by atoms with Crippen LogP contribution in [0.2, 0.25) is 0 Å². The third-order valence-electron chi connectivity index (χ3n) is 3.09. The lowest BCUT2D eigenvalue weighted by atomic mass is 9.89. The van der Waals surface area contributed by atoms with Gasteiger partial charge in [-0.15, -0.1) is 0 Å². The summed E-state index contributed by atoms with van der Waals surface area (Å²) in [5, 5.41) is 3.18. The summed E-state index contributed by atoms with van der Waals surface area (Å²) in [6, 6.07) is 3.01. The summed E-state index contributed by atoms with van der Waals surface area (Å²) in [6.07, 6.45) is 4.41. The molecule has 1 N–H and O–H groups in total. The fourth-order valence-corrected chi connectivity index (χ4v) is 2.15. The Labute approximate surface area is 94.1 Å². The van der Waals surface area contributed by atoms with Gasteiger partial charge in [0.1, 0.15) is 0 Å². The van der Waals surface area contributed by atoms with Crippen LogP contribution in [0.25, 0.3) is 0 Å². The fourth-order valence-electron chi connectivity index (χ4n) is 2.15. The number of nitrogens with zero attached hydrogens (tertiary/aromatic N) is 1. The molecule has 0 saturated carbocycles. The lowest BCUT2D eigenvalue weighted by Crippen LogP contribution is -2.30. The zero-order valence-corrected chi connectivity index (χ0v) is 9.13. The van der Waals surface area contributed by atoms with Gasteiger partial charge in [0.05, 0.1) is 0 Å². The van der Waals surface area contributed by atoms with Crippen molar-refractivity contribution in [2.75, 3.05) is 13.1 Å². The van der Waals surface area contributed by atoms with E-state index >= 15 is 0 Å². The molecule has 2 heterocycles. The van der Waals surface area contributed by atoms with Crippen LogP contribution in [0.1, 0.15) is 24.8 Å². The van der Waals surface area contributed by atoms with E-state index in [0.717, 1.165) is 25.9 Å². The van der Waals surface area contributed by atoms with E-state index in [9.17, 15) is 8.78 Å². The molecule has 1 aliphatic heterocycles. The Bertz CT molecular complexity index is 321. The largest absolute Gasteiger partial charge is 0.317 e. The molecule has 0 unspecified atom stereocenters. The molecule has 4 heteroatoms. The van der Waals surface area contributed by atoms with Crippen LogP contribution in [0.4, 0.5) is 8.78 Å². The molecule has 0 aromatic carbocycles. The van der Waals surface area contributed by atoms with E-state index in [4.69, 9.17) is 0 Å². The first-order valence-electron chi connectivity index (χ1n) is 5.67. The van der Waals surface area contributed by atoms with Crippen LogP contribution in [0.5, 0.6) is 0 Å². The maximum absolute atomic E-state index is 13.9. The number of nitrogens with one attached hydrogen (secondary N) is 1. The van der Waals surface area contributed by atoms with E-state index in [1.54, 1.807) is 6.07 Å². The zero-order valence-electron chi connectivity index (χ0n) is 9.13. The summed E-state index contributed by atoms with van der Waals surface area (Å²) in [5.41, 5.74) is 0.0357. The third kappa shape index (κ3) is 2.76. The minimum Gasteiger partial charge on any atom is -0.317 e. The SMILES string of the molecule is FC(F)(CC1CCNCC1)c1cccnc1. The molecule has 0 atom stereocenters. The van der Waals surface area contributed by atoms with Gasteiger partial charge in [-0.05, 0) is 44.0 Å². The van der Waals surface area contributed by atoms with Gasteiger partial charge in [-0.2, -0.15) is 0 Å². The predicted octanol–water partition coefficient (Wildman–Crippen LogP) is 2.56. The van der Waals surface area contributed by atoms with Crippen molar-refractivity contribution in [3.63, 3.8) is 0 Å². The van der Waals surface area contributed by atoms with Crippen molar-refractivity contribution >= 4 is 0 Å². The van der Waals surface area contributed by atoms with Gasteiger partial charge in [-0.3, -0.25) is 4.98 Å². The number of pyridine rings is 1. The molecule has 0 bridgehead atoms. The van der Waals surface area contributed by atoms with Gasteiger partial charge in [-0.25, -0.2) is 8.78 Å². The minimum atomic E-state index is -2.74. The quantitative estimate of drug-likeness (QED) is 0.856. The number of alkyl halides is 2. The second-order valence-corrected chi connectivity index (χ2v) is 4.34. The summed E-state index contributed by atoms with van der Waals surface area (Å²) in [4.78, 5) is 3.75. The first-order valence-corrected chi connectivity index (χ1v) is 5.67. The lowest BCUT2D eigenvalue weighted by molar-refractivity contribution is -0.0329. The number of aromatic nitrogens is 1. The van der Waals surface area contributed by atoms with Crippen LogP contribution in [-0.2, 0) is 5.92 Å². The standard InChI is InChI=1S/C12H16F2N2/c13-12(14,11-2-1-5-16-9-11)8-10-3-6-15-7-4-10/h1-2,5,9-10,15H,3-4,6-8H2. The van der Waals surface area contributed by atoms with Crippen molar-refractivity contribution < 1.29 is 8.78 Å². The Hall–Kier alpha value is -1.03. The summed E-state index contributed by atoms with van der Waals surface area (Å²) in [6.45, 7) is 1.71. The molecule has 88 valence electrons. The van der Waals surface area contributed by atoms with Crippen molar-refractivity contribution in [1.82, 2.24) is 10.3 Å². The van der Waals surface area contributed by atoms with Crippen LogP contribution in [0.3, 0.4) is 0 Å². The highest BCUT2D eigenvalue weighted by Crippen LogP contribution is 2.36. The average molecular weight is 226 g/mol. The monoisotopic (exact) mass is 226 g/mol. The molecule has 1 fully saturated rings. The molecule has 0 aliphatic carbocycles. The Morgan fingerprint density at radius 3 is 2.75 bits per heavy atom. The van der Waals surface area contributed by atoms with Gasteiger partial charge in [-0.1, -0.05) is 0 Å². The Morgan fingerprint density at radius 1 is 1.38 bits per heavy atom. The fraction of sp³-hybridized carbons (Fsp3) is 0.583. The predicted molar refractivity (Wildman–Crippen MR) is 58.3 cm³/mol. The molecule has 1 saturated heterocycles. The highest BCUT2D eigenvalue weighted by atomic mass is 19.3. The van der Waals surface area contributed by atoms with Crippen molar-refractivity contribution in [2.45, 2.75) is 25.2 Å². The molecule has 1 aliphatic rings. The zero-order chi connectivity index (χ0) is 11.4. The first-order chi connectivity index (χ1) is 7.68. The summed E-state index contributed by atoms with van der Waals surface area (Å²) in [7, 11) is 0. The smallest absolute Gasteiger partial charge is 0.275 e. The molecule has 1 aromatic rings. The van der Waals surface area contributed by atoms with Crippen LogP contribution >= 0.6 is 0 Å². The topological polar surface area (TPSA) is 24.9 Å². The maximum Gasteiger partial charge on any atom is 0.275 e. The maximum atomic E-state index is 13.9. The molecule has 1 aromatic heterocycles. The summed E-state index contributed by atoms with van der Waals surface area (Å²) >= 11 is 0. The number of hydrogen-bond acceptors (Lipinski definition) is 2. The molecule has 2 rings (SSSR count). The molecule has 0 amide bonds. The van der Waals surface area contributed by atoms with Gasteiger partial charge in [0.2, 0.25) is 0 Å². The van der Waals surface area contributed by atoms with E-state index in [2.05, 4.69) is 10.3 Å². The van der Waals surface area contributed by atoms with Gasteiger partial charge < -0.3 is 5.32 Å². The molecular weight excluding hydrogens is 210 g/mol. The van der Waals surface area contributed by atoms with Crippen molar-refractivity contribution in [3.8, 4) is 0 Å². The van der Waals surface area contributed by atoms with Gasteiger partial charge >= 0.3 is 0 Å². The molecule has 0 spiro atoms. The number of piperidine rings is 1. The van der Waals surface area contributed by atoms with E-state index in [1.165, 1.54) is 18.5 Å². The molecule has 16 heavy (non-hydrogen) atoms. The summed E-state index contributed by atoms with van der Waals surface area (Å²) < 4.78 is 27.8. The number of hydrogen-bond donors (Lipinski definition) is 1. The minimum absolute atomic E-state index is 0.0357. The van der Waals surface area contributed by atoms with E-state index < -0.39 is 5.92 Å². The van der Waals surface area contributed by atoms with Crippen molar-refractivity contribution in [2.24, 2.45) is 5.92 Å². The Balaban J connectivity index is 2.01. The van der Waals surface area contributed by atoms with Crippen molar-refractivity contribution in [3.05, 3.63) is 30.1 Å². The van der Waals surface area contributed by atoms with Crippen LogP contribution in [-0.4, -0.2) is 18.1 Å². The van der Waals surface area contributed by atoms with E-state index in [-0.39, 0.29) is 17.9 Å². The van der Waals surface area contributed by atoms with Crippen LogP contribution < -0.4 is 5.32 Å². The van der Waals surface area contributed by atoms with E-state index in [0.29, 0.717) is 0 Å². The third-order valence-corrected chi connectivity index (χ3v) is 3.09. The van der Waals surface area contributed by atoms with Crippen molar-refractivity contribution in [1.29, 1.82) is 0 Å². The van der Waals surface area contributed by atoms with E-state index in [1.807, 2.05) is 0 Å². The molecular formula is C12H16F2N2. The van der Waals surface area contributed by atoms with Crippen LogP contribution in [0.15, 0.2) is 24.5 Å². The molecule has 2 nitrogen and oxygen atoms in total. The normalized spacial score (nSPS) is 18.6. The highest BCUT2D eigenvalue weighted by molar-refractivity contribution is 5.15. The Morgan fingerprint density at radius 2 is 2.12 bits per heavy atom. The van der Waals surface area contributed by atoms with Crippen LogP contribution in [0, 0.1) is 5.92 Å². The average Bonchev–Trinajstić information content (AvgIpc) is 2.31. The van der Waals surface area contributed by atoms with Gasteiger partial charge in [0, 0.05) is 24.4 Å². The van der Waals surface area contributed by atoms with Gasteiger partial charge in [0.15, 0.2) is 0 Å². The second kappa shape index (κ2) is 4.87. The lowest BCUT2D eigenvalue weighted by Gasteiger charge is -2.26. The number of halogens is 2.